The minimum absolute atomic E-state index is 0.173. The summed E-state index contributed by atoms with van der Waals surface area (Å²) in [6.45, 7) is 5.14. The molecule has 0 heterocycles. The van der Waals surface area contributed by atoms with Crippen LogP contribution >= 0.6 is 0 Å². The van der Waals surface area contributed by atoms with Crippen molar-refractivity contribution in [3.63, 3.8) is 0 Å². The average molecular weight is 260 g/mol. The van der Waals surface area contributed by atoms with E-state index >= 15 is 0 Å². The molecule has 2 nitrogen and oxygen atoms in total. The van der Waals surface area contributed by atoms with E-state index in [-0.39, 0.29) is 6.04 Å². The van der Waals surface area contributed by atoms with Gasteiger partial charge < -0.3 is 11.1 Å². The number of halogens is 3. The van der Waals surface area contributed by atoms with Crippen molar-refractivity contribution in [2.45, 2.75) is 32.6 Å². The molecular formula is C13H19F3N2. The van der Waals surface area contributed by atoms with Crippen LogP contribution in [0.4, 0.5) is 13.2 Å². The van der Waals surface area contributed by atoms with Crippen LogP contribution in [-0.2, 0) is 12.7 Å². The van der Waals surface area contributed by atoms with Crippen molar-refractivity contribution >= 4 is 0 Å². The van der Waals surface area contributed by atoms with E-state index in [1.165, 1.54) is 12.1 Å². The smallest absolute Gasteiger partial charge is 0.329 e. The fourth-order valence-corrected chi connectivity index (χ4v) is 1.65. The largest absolute Gasteiger partial charge is 0.416 e. The maximum absolute atomic E-state index is 12.4. The predicted octanol–water partition coefficient (Wildman–Crippen LogP) is 2.78. The van der Waals surface area contributed by atoms with Crippen molar-refractivity contribution < 1.29 is 13.2 Å². The molecule has 1 unspecified atom stereocenters. The van der Waals surface area contributed by atoms with Crippen molar-refractivity contribution in [2.75, 3.05) is 6.54 Å². The summed E-state index contributed by atoms with van der Waals surface area (Å²) in [7, 11) is 0. The Morgan fingerprint density at radius 2 is 1.72 bits per heavy atom. The molecule has 0 bridgehead atoms. The molecule has 0 saturated carbocycles. The van der Waals surface area contributed by atoms with Crippen molar-refractivity contribution in [1.29, 1.82) is 0 Å². The molecule has 0 aliphatic carbocycles. The van der Waals surface area contributed by atoms with Crippen LogP contribution in [0, 0.1) is 5.92 Å². The van der Waals surface area contributed by atoms with Gasteiger partial charge in [0, 0.05) is 19.1 Å². The number of nitrogens with two attached hydrogens (primary N) is 1. The number of hydrogen-bond acceptors (Lipinski definition) is 2. The summed E-state index contributed by atoms with van der Waals surface area (Å²) < 4.78 is 37.1. The first-order valence-electron chi connectivity index (χ1n) is 5.94. The number of benzene rings is 1. The van der Waals surface area contributed by atoms with Gasteiger partial charge in [-0.05, 0) is 23.6 Å². The zero-order valence-corrected chi connectivity index (χ0v) is 10.6. The minimum atomic E-state index is -4.27. The lowest BCUT2D eigenvalue weighted by atomic mass is 10.0. The van der Waals surface area contributed by atoms with Crippen molar-refractivity contribution in [1.82, 2.24) is 5.32 Å². The molecule has 0 aromatic heterocycles. The first kappa shape index (κ1) is 15.0. The lowest BCUT2D eigenvalue weighted by Gasteiger charge is -2.20. The molecule has 18 heavy (non-hydrogen) atoms. The monoisotopic (exact) mass is 260 g/mol. The van der Waals surface area contributed by atoms with Gasteiger partial charge in [0.2, 0.25) is 0 Å². The molecule has 0 saturated heterocycles. The molecule has 5 heteroatoms. The molecule has 0 radical (unpaired) electrons. The van der Waals surface area contributed by atoms with E-state index in [2.05, 4.69) is 19.2 Å². The highest BCUT2D eigenvalue weighted by molar-refractivity contribution is 5.24. The molecular weight excluding hydrogens is 241 g/mol. The van der Waals surface area contributed by atoms with Crippen LogP contribution < -0.4 is 11.1 Å². The van der Waals surface area contributed by atoms with E-state index in [9.17, 15) is 13.2 Å². The maximum Gasteiger partial charge on any atom is 0.416 e. The van der Waals surface area contributed by atoms with Gasteiger partial charge in [0.25, 0.3) is 0 Å². The quantitative estimate of drug-likeness (QED) is 0.854. The standard InChI is InChI=1S/C13H19F3N2/c1-9(2)12(7-17)18-8-10-3-5-11(6-4-10)13(14,15)16/h3-6,9,12,18H,7-8,17H2,1-2H3. The predicted molar refractivity (Wildman–Crippen MR) is 66.0 cm³/mol. The average Bonchev–Trinajstić information content (AvgIpc) is 2.29. The van der Waals surface area contributed by atoms with Crippen molar-refractivity contribution in [3.8, 4) is 0 Å². The summed E-state index contributed by atoms with van der Waals surface area (Å²) in [6, 6.07) is 5.36. The molecule has 102 valence electrons. The maximum atomic E-state index is 12.4. The summed E-state index contributed by atoms with van der Waals surface area (Å²) in [5, 5.41) is 3.24. The number of rotatable bonds is 5. The fraction of sp³-hybridized carbons (Fsp3) is 0.538. The van der Waals surface area contributed by atoms with E-state index in [1.54, 1.807) is 0 Å². The van der Waals surface area contributed by atoms with Crippen molar-refractivity contribution in [2.24, 2.45) is 11.7 Å². The molecule has 0 spiro atoms. The Bertz CT molecular complexity index is 357. The summed E-state index contributed by atoms with van der Waals surface area (Å²) in [5.74, 6) is 0.393. The summed E-state index contributed by atoms with van der Waals surface area (Å²) in [4.78, 5) is 0. The third kappa shape index (κ3) is 4.31. The van der Waals surface area contributed by atoms with Gasteiger partial charge in [-0.1, -0.05) is 26.0 Å². The van der Waals surface area contributed by atoms with Gasteiger partial charge >= 0.3 is 6.18 Å². The Morgan fingerprint density at radius 1 is 1.17 bits per heavy atom. The first-order chi connectivity index (χ1) is 8.34. The highest BCUT2D eigenvalue weighted by atomic mass is 19.4. The van der Waals surface area contributed by atoms with Crippen molar-refractivity contribution in [3.05, 3.63) is 35.4 Å². The van der Waals surface area contributed by atoms with Gasteiger partial charge in [0.05, 0.1) is 5.56 Å². The second-order valence-electron chi connectivity index (χ2n) is 4.66. The van der Waals surface area contributed by atoms with Crippen LogP contribution in [-0.4, -0.2) is 12.6 Å². The van der Waals surface area contributed by atoms with Crippen LogP contribution in [0.3, 0.4) is 0 Å². The van der Waals surface area contributed by atoms with Crippen LogP contribution in [0.1, 0.15) is 25.0 Å². The number of hydrogen-bond donors (Lipinski definition) is 2. The molecule has 3 N–H and O–H groups in total. The first-order valence-corrected chi connectivity index (χ1v) is 5.94. The Balaban J connectivity index is 2.59. The highest BCUT2D eigenvalue weighted by Crippen LogP contribution is 2.29. The lowest BCUT2D eigenvalue weighted by Crippen LogP contribution is -2.39. The Labute approximate surface area is 105 Å². The topological polar surface area (TPSA) is 38.0 Å². The molecule has 1 aromatic rings. The molecule has 0 aliphatic rings. The normalized spacial score (nSPS) is 13.9. The second kappa shape index (κ2) is 6.20. The molecule has 0 aliphatic heterocycles. The lowest BCUT2D eigenvalue weighted by molar-refractivity contribution is -0.137. The molecule has 1 rings (SSSR count). The third-order valence-electron chi connectivity index (χ3n) is 2.91. The van der Waals surface area contributed by atoms with Gasteiger partial charge in [0.15, 0.2) is 0 Å². The zero-order valence-electron chi connectivity index (χ0n) is 10.6. The Morgan fingerprint density at radius 3 is 2.11 bits per heavy atom. The van der Waals surface area contributed by atoms with E-state index in [0.29, 0.717) is 19.0 Å². The van der Waals surface area contributed by atoms with Gasteiger partial charge in [-0.15, -0.1) is 0 Å². The molecule has 1 atom stereocenters. The van der Waals surface area contributed by atoms with Crippen LogP contribution in [0.2, 0.25) is 0 Å². The summed E-state index contributed by atoms with van der Waals surface area (Å²) >= 11 is 0. The van der Waals surface area contributed by atoms with Crippen LogP contribution in [0.25, 0.3) is 0 Å². The zero-order chi connectivity index (χ0) is 13.8. The SMILES string of the molecule is CC(C)C(CN)NCc1ccc(C(F)(F)F)cc1. The third-order valence-corrected chi connectivity index (χ3v) is 2.91. The minimum Gasteiger partial charge on any atom is -0.329 e. The van der Waals surface area contributed by atoms with Gasteiger partial charge in [-0.3, -0.25) is 0 Å². The Kier molecular flexibility index (Phi) is 5.16. The highest BCUT2D eigenvalue weighted by Gasteiger charge is 2.29. The van der Waals surface area contributed by atoms with E-state index in [1.807, 2.05) is 0 Å². The van der Waals surface area contributed by atoms with Crippen LogP contribution in [0.15, 0.2) is 24.3 Å². The number of nitrogens with one attached hydrogen (secondary N) is 1. The van der Waals surface area contributed by atoms with Crippen LogP contribution in [0.5, 0.6) is 0 Å². The van der Waals surface area contributed by atoms with E-state index < -0.39 is 11.7 Å². The second-order valence-corrected chi connectivity index (χ2v) is 4.66. The number of alkyl halides is 3. The van der Waals surface area contributed by atoms with E-state index in [0.717, 1.165) is 17.7 Å². The molecule has 0 fully saturated rings. The fourth-order valence-electron chi connectivity index (χ4n) is 1.65. The summed E-state index contributed by atoms with van der Waals surface area (Å²) in [5.41, 5.74) is 5.81. The van der Waals surface area contributed by atoms with E-state index in [4.69, 9.17) is 5.73 Å². The molecule has 0 amide bonds. The Hall–Kier alpha value is -1.07. The van der Waals surface area contributed by atoms with Gasteiger partial charge in [-0.25, -0.2) is 0 Å². The summed E-state index contributed by atoms with van der Waals surface area (Å²) in [6.07, 6.45) is -4.27. The van der Waals surface area contributed by atoms with Gasteiger partial charge in [0.1, 0.15) is 0 Å². The van der Waals surface area contributed by atoms with Gasteiger partial charge in [-0.2, -0.15) is 13.2 Å². The molecule has 1 aromatic carbocycles.